The summed E-state index contributed by atoms with van der Waals surface area (Å²) in [6, 6.07) is 4.07. The minimum atomic E-state index is -1.25. The molecule has 3 fully saturated rings. The Morgan fingerprint density at radius 2 is 1.80 bits per heavy atom. The summed E-state index contributed by atoms with van der Waals surface area (Å²) in [6.45, 7) is 11.5. The number of carbonyl (C=O) groups is 2. The van der Waals surface area contributed by atoms with Crippen LogP contribution < -0.4 is 15.8 Å². The Morgan fingerprint density at radius 3 is 2.49 bits per heavy atom. The molecule has 0 spiro atoms. The first-order valence-electron chi connectivity index (χ1n) is 17.0. The molecule has 2 aromatic rings. The number of nitrogens with two attached hydrogens (primary N) is 1. The summed E-state index contributed by atoms with van der Waals surface area (Å²) in [6.07, 6.45) is 6.58. The number of urea groups is 1. The number of likely N-dealkylation sites (tertiary alicyclic amines) is 3. The molecule has 0 aliphatic carbocycles. The quantitative estimate of drug-likeness (QED) is 0.191. The fraction of sp³-hybridized carbons (Fsp3) is 0.571. The Bertz CT molecular complexity index is 1550. The average molecular weight is 719 g/mol. The van der Waals surface area contributed by atoms with Crippen LogP contribution in [0.4, 0.5) is 19.8 Å². The molecule has 0 radical (unpaired) electrons. The van der Waals surface area contributed by atoms with Crippen LogP contribution in [0.2, 0.25) is 10.0 Å². The predicted octanol–water partition coefficient (Wildman–Crippen LogP) is 6.10. The number of hydroxylamine groups is 2. The van der Waals surface area contributed by atoms with Gasteiger partial charge in [0.25, 0.3) is 0 Å². The van der Waals surface area contributed by atoms with Crippen molar-refractivity contribution >= 4 is 41.1 Å². The van der Waals surface area contributed by atoms with Gasteiger partial charge < -0.3 is 35.3 Å². The number of carbonyl (C=O) groups excluding carboxylic acids is 2. The zero-order valence-corrected chi connectivity index (χ0v) is 30.0. The van der Waals surface area contributed by atoms with Gasteiger partial charge in [0, 0.05) is 60.6 Å². The first-order valence-corrected chi connectivity index (χ1v) is 17.8. The highest BCUT2D eigenvalue weighted by molar-refractivity contribution is 6.36. The standard InChI is InChI=1S/C35H46Cl2FN7O4/c1-24(30-27(36)8-9-28(38)31(30)37)48-29-22-25(23-41-32(29)39)10-13-35(2,3)45(33(46)40-14-21-42-15-4-5-16-42)49-34(47)44-19-11-26(12-20-44)43-17-6-7-18-43/h8-9,22-24,26H,4-7,11-12,14-21H2,1-3H3,(H2,39,41)(H,40,46). The van der Waals surface area contributed by atoms with Crippen molar-refractivity contribution in [2.75, 3.05) is 58.1 Å². The van der Waals surface area contributed by atoms with E-state index in [1.807, 2.05) is 0 Å². The second-order valence-corrected chi connectivity index (χ2v) is 14.1. The molecule has 1 aromatic carbocycles. The number of nitrogens with one attached hydrogen (secondary N) is 1. The van der Waals surface area contributed by atoms with E-state index in [1.165, 1.54) is 31.2 Å². The van der Waals surface area contributed by atoms with Crippen molar-refractivity contribution in [3.05, 3.63) is 51.4 Å². The SMILES string of the molecule is CC(Oc1cc(C#CC(C)(C)N(OC(=O)N2CCC(N3CCCC3)CC2)C(=O)NCCN2CCCC2)cnc1N)c1c(Cl)ccc(F)c1Cl. The van der Waals surface area contributed by atoms with Gasteiger partial charge in [-0.2, -0.15) is 0 Å². The summed E-state index contributed by atoms with van der Waals surface area (Å²) >= 11 is 12.5. The van der Waals surface area contributed by atoms with Crippen LogP contribution >= 0.6 is 23.2 Å². The summed E-state index contributed by atoms with van der Waals surface area (Å²) in [4.78, 5) is 43.5. The molecule has 11 nitrogen and oxygen atoms in total. The lowest BCUT2D eigenvalue weighted by Crippen LogP contribution is -2.55. The number of anilines is 1. The number of amides is 3. The molecule has 0 saturated carbocycles. The topological polar surface area (TPSA) is 116 Å². The van der Waals surface area contributed by atoms with Gasteiger partial charge in [-0.25, -0.2) is 19.0 Å². The molecule has 3 saturated heterocycles. The van der Waals surface area contributed by atoms with Crippen LogP contribution in [0.1, 0.15) is 76.5 Å². The zero-order chi connectivity index (χ0) is 35.1. The predicted molar refractivity (Wildman–Crippen MR) is 188 cm³/mol. The Hall–Kier alpha value is -3.50. The first kappa shape index (κ1) is 36.8. The summed E-state index contributed by atoms with van der Waals surface area (Å²) in [7, 11) is 0. The molecule has 5 rings (SSSR count). The van der Waals surface area contributed by atoms with E-state index < -0.39 is 29.6 Å². The third kappa shape index (κ3) is 9.39. The van der Waals surface area contributed by atoms with Gasteiger partial charge >= 0.3 is 12.1 Å². The Labute approximate surface area is 298 Å². The Morgan fingerprint density at radius 1 is 1.12 bits per heavy atom. The molecular weight excluding hydrogens is 672 g/mol. The third-order valence-corrected chi connectivity index (χ3v) is 10.0. The van der Waals surface area contributed by atoms with Crippen molar-refractivity contribution in [1.82, 2.24) is 30.1 Å². The van der Waals surface area contributed by atoms with Crippen LogP contribution in [-0.4, -0.2) is 101 Å². The number of nitrogens with zero attached hydrogens (tertiary/aromatic N) is 5. The fourth-order valence-corrected chi connectivity index (χ4v) is 7.20. The minimum absolute atomic E-state index is 0.0850. The van der Waals surface area contributed by atoms with E-state index in [-0.39, 0.29) is 27.2 Å². The second-order valence-electron chi connectivity index (χ2n) is 13.3. The lowest BCUT2D eigenvalue weighted by atomic mass is 10.0. The molecule has 0 bridgehead atoms. The first-order chi connectivity index (χ1) is 23.4. The second kappa shape index (κ2) is 16.5. The van der Waals surface area contributed by atoms with E-state index in [0.717, 1.165) is 56.9 Å². The van der Waals surface area contributed by atoms with E-state index in [1.54, 1.807) is 31.7 Å². The summed E-state index contributed by atoms with van der Waals surface area (Å²) in [5.74, 6) is 5.74. The molecule has 4 heterocycles. The molecule has 3 amide bonds. The van der Waals surface area contributed by atoms with Gasteiger partial charge in [0.15, 0.2) is 11.6 Å². The van der Waals surface area contributed by atoms with Crippen molar-refractivity contribution in [3.63, 3.8) is 0 Å². The van der Waals surface area contributed by atoms with Gasteiger partial charge in [0.2, 0.25) is 0 Å². The number of piperidine rings is 1. The van der Waals surface area contributed by atoms with Crippen molar-refractivity contribution < 1.29 is 23.6 Å². The molecule has 3 N–H and O–H groups in total. The average Bonchev–Trinajstić information content (AvgIpc) is 3.81. The Kier molecular flexibility index (Phi) is 12.4. The number of ether oxygens (including phenoxy) is 1. The van der Waals surface area contributed by atoms with Crippen molar-refractivity contribution in [1.29, 1.82) is 0 Å². The number of hydrogen-bond donors (Lipinski definition) is 2. The maximum atomic E-state index is 14.2. The summed E-state index contributed by atoms with van der Waals surface area (Å²) < 4.78 is 20.2. The van der Waals surface area contributed by atoms with Crippen molar-refractivity contribution in [3.8, 4) is 17.6 Å². The molecule has 1 atom stereocenters. The molecule has 1 unspecified atom stereocenters. The normalized spacial score (nSPS) is 18.1. The van der Waals surface area contributed by atoms with Gasteiger partial charge in [0.1, 0.15) is 17.5 Å². The summed E-state index contributed by atoms with van der Waals surface area (Å²) in [5, 5.41) is 4.03. The maximum Gasteiger partial charge on any atom is 0.434 e. The van der Waals surface area contributed by atoms with Gasteiger partial charge in [-0.1, -0.05) is 35.0 Å². The lowest BCUT2D eigenvalue weighted by Gasteiger charge is -2.38. The molecule has 14 heteroatoms. The van der Waals surface area contributed by atoms with Gasteiger partial charge in [0.05, 0.1) is 5.02 Å². The molecule has 1 aromatic heterocycles. The minimum Gasteiger partial charge on any atom is -0.482 e. The lowest BCUT2D eigenvalue weighted by molar-refractivity contribution is -0.114. The smallest absolute Gasteiger partial charge is 0.434 e. The van der Waals surface area contributed by atoms with Crippen LogP contribution in [0, 0.1) is 17.7 Å². The van der Waals surface area contributed by atoms with Gasteiger partial charge in [-0.05, 0) is 97.6 Å². The molecule has 49 heavy (non-hydrogen) atoms. The van der Waals surface area contributed by atoms with Crippen molar-refractivity contribution in [2.24, 2.45) is 0 Å². The third-order valence-electron chi connectivity index (χ3n) is 9.33. The van der Waals surface area contributed by atoms with E-state index in [4.69, 9.17) is 38.5 Å². The Balaban J connectivity index is 1.30. The van der Waals surface area contributed by atoms with Crippen molar-refractivity contribution in [2.45, 2.75) is 77.0 Å². The van der Waals surface area contributed by atoms with E-state index in [0.29, 0.717) is 37.8 Å². The van der Waals surface area contributed by atoms with Crippen LogP contribution in [-0.2, 0) is 4.84 Å². The highest BCUT2D eigenvalue weighted by Gasteiger charge is 2.37. The largest absolute Gasteiger partial charge is 0.482 e. The zero-order valence-electron chi connectivity index (χ0n) is 28.4. The van der Waals surface area contributed by atoms with E-state index in [9.17, 15) is 14.0 Å². The number of pyridine rings is 1. The van der Waals surface area contributed by atoms with E-state index in [2.05, 4.69) is 31.9 Å². The summed E-state index contributed by atoms with van der Waals surface area (Å²) in [5.41, 5.74) is 5.54. The monoisotopic (exact) mass is 717 g/mol. The highest BCUT2D eigenvalue weighted by atomic mass is 35.5. The molecular formula is C35H46Cl2FN7O4. The molecule has 3 aliphatic rings. The number of rotatable bonds is 8. The number of hydrogen-bond acceptors (Lipinski definition) is 8. The molecule has 3 aliphatic heterocycles. The number of benzene rings is 1. The fourth-order valence-electron chi connectivity index (χ4n) is 6.52. The number of nitrogen functional groups attached to an aromatic ring is 1. The molecule has 266 valence electrons. The number of aromatic nitrogens is 1. The van der Waals surface area contributed by atoms with Gasteiger partial charge in [-0.15, -0.1) is 5.06 Å². The van der Waals surface area contributed by atoms with Crippen LogP contribution in [0.15, 0.2) is 24.4 Å². The van der Waals surface area contributed by atoms with Gasteiger partial charge in [-0.3, -0.25) is 0 Å². The van der Waals surface area contributed by atoms with Crippen LogP contribution in [0.5, 0.6) is 5.75 Å². The van der Waals surface area contributed by atoms with Crippen LogP contribution in [0.25, 0.3) is 0 Å². The maximum absolute atomic E-state index is 14.2. The highest BCUT2D eigenvalue weighted by Crippen LogP contribution is 2.36. The number of halogens is 3. The van der Waals surface area contributed by atoms with E-state index >= 15 is 0 Å². The van der Waals surface area contributed by atoms with Crippen LogP contribution in [0.3, 0.4) is 0 Å².